The molecule has 0 radical (unpaired) electrons. The fourth-order valence-electron chi connectivity index (χ4n) is 2.57. The van der Waals surface area contributed by atoms with E-state index in [2.05, 4.69) is 46.8 Å². The van der Waals surface area contributed by atoms with E-state index in [0.717, 1.165) is 50.5 Å². The molecule has 0 bridgehead atoms. The van der Waals surface area contributed by atoms with E-state index >= 15 is 0 Å². The molecule has 0 amide bonds. The Bertz CT molecular complexity index is 444. The van der Waals surface area contributed by atoms with E-state index < -0.39 is 0 Å². The zero-order chi connectivity index (χ0) is 15.6. The van der Waals surface area contributed by atoms with E-state index in [1.807, 2.05) is 17.8 Å². The first-order valence-corrected chi connectivity index (χ1v) is 9.17. The lowest BCUT2D eigenvalue weighted by molar-refractivity contribution is 0.120. The molecule has 1 aliphatic carbocycles. The van der Waals surface area contributed by atoms with E-state index in [0.29, 0.717) is 6.04 Å². The summed E-state index contributed by atoms with van der Waals surface area (Å²) in [7, 11) is 0. The summed E-state index contributed by atoms with van der Waals surface area (Å²) in [5, 5.41) is 16.4. The predicted molar refractivity (Wildman–Crippen MR) is 94.5 cm³/mol. The highest BCUT2D eigenvalue weighted by molar-refractivity contribution is 7.99. The summed E-state index contributed by atoms with van der Waals surface area (Å²) >= 11 is 1.83. The molecule has 0 unspecified atom stereocenters. The Labute approximate surface area is 137 Å². The van der Waals surface area contributed by atoms with Crippen LogP contribution in [0.3, 0.4) is 0 Å². The van der Waals surface area contributed by atoms with Crippen LogP contribution in [0, 0.1) is 0 Å². The number of nitrogens with one attached hydrogen (secondary N) is 2. The van der Waals surface area contributed by atoms with Gasteiger partial charge >= 0.3 is 0 Å². The van der Waals surface area contributed by atoms with Gasteiger partial charge in [0, 0.05) is 23.2 Å². The lowest BCUT2D eigenvalue weighted by Crippen LogP contribution is -2.45. The maximum absolute atomic E-state index is 9.57. The number of aliphatic imine (C=N–C) groups is 1. The molecule has 1 aromatic rings. The summed E-state index contributed by atoms with van der Waals surface area (Å²) in [5.74, 6) is 1.88. The van der Waals surface area contributed by atoms with E-state index in [9.17, 15) is 5.11 Å². The summed E-state index contributed by atoms with van der Waals surface area (Å²) < 4.78 is 0. The first kappa shape index (κ1) is 17.2. The second-order valence-corrected chi connectivity index (χ2v) is 6.74. The number of nitrogens with zero attached hydrogens (tertiary/aromatic N) is 1. The Morgan fingerprint density at radius 2 is 1.95 bits per heavy atom. The van der Waals surface area contributed by atoms with Crippen molar-refractivity contribution in [3.8, 4) is 0 Å². The highest BCUT2D eigenvalue weighted by Crippen LogP contribution is 2.18. The monoisotopic (exact) mass is 321 g/mol. The number of thioether (sulfide) groups is 1. The van der Waals surface area contributed by atoms with Crippen molar-refractivity contribution in [1.29, 1.82) is 0 Å². The number of benzene rings is 1. The number of hydrogen-bond donors (Lipinski definition) is 3. The van der Waals surface area contributed by atoms with Gasteiger partial charge in [0.2, 0.25) is 0 Å². The number of hydrogen-bond acceptors (Lipinski definition) is 3. The SMILES string of the molecule is CCNC(=NCCSc1ccccc1)NC1CCC(O)CC1. The van der Waals surface area contributed by atoms with Crippen LogP contribution in [0.4, 0.5) is 0 Å². The molecule has 1 aromatic carbocycles. The molecule has 0 saturated heterocycles. The van der Waals surface area contributed by atoms with Crippen molar-refractivity contribution in [2.45, 2.75) is 49.6 Å². The average Bonchev–Trinajstić information content (AvgIpc) is 2.55. The number of aliphatic hydroxyl groups is 1. The molecule has 0 heterocycles. The van der Waals surface area contributed by atoms with Crippen LogP contribution in [0.2, 0.25) is 0 Å². The minimum absolute atomic E-state index is 0.111. The van der Waals surface area contributed by atoms with Crippen LogP contribution < -0.4 is 10.6 Å². The summed E-state index contributed by atoms with van der Waals surface area (Å²) in [6.07, 6.45) is 3.70. The van der Waals surface area contributed by atoms with Crippen molar-refractivity contribution >= 4 is 17.7 Å². The lowest BCUT2D eigenvalue weighted by Gasteiger charge is -2.27. The number of rotatable bonds is 6. The minimum atomic E-state index is -0.111. The second kappa shape index (κ2) is 9.74. The first-order chi connectivity index (χ1) is 10.8. The second-order valence-electron chi connectivity index (χ2n) is 5.57. The molecule has 1 saturated carbocycles. The van der Waals surface area contributed by atoms with E-state index in [4.69, 9.17) is 0 Å². The van der Waals surface area contributed by atoms with Crippen LogP contribution in [0.5, 0.6) is 0 Å². The van der Waals surface area contributed by atoms with Crippen LogP contribution in [0.15, 0.2) is 40.2 Å². The molecule has 1 fully saturated rings. The Kier molecular flexibility index (Phi) is 7.60. The van der Waals surface area contributed by atoms with Gasteiger partial charge in [-0.25, -0.2) is 0 Å². The van der Waals surface area contributed by atoms with Gasteiger partial charge in [0.25, 0.3) is 0 Å². The van der Waals surface area contributed by atoms with Crippen LogP contribution >= 0.6 is 11.8 Å². The van der Waals surface area contributed by atoms with Gasteiger partial charge in [-0.05, 0) is 44.7 Å². The molecule has 22 heavy (non-hydrogen) atoms. The molecular formula is C17H27N3OS. The zero-order valence-corrected chi connectivity index (χ0v) is 14.1. The van der Waals surface area contributed by atoms with Gasteiger partial charge in [-0.3, -0.25) is 4.99 Å². The standard InChI is InChI=1S/C17H27N3OS/c1-2-18-17(20-14-8-10-15(21)11-9-14)19-12-13-22-16-6-4-3-5-7-16/h3-7,14-15,21H,2,8-13H2,1H3,(H2,18,19,20). The van der Waals surface area contributed by atoms with Crippen LogP contribution in [0.1, 0.15) is 32.6 Å². The molecular weight excluding hydrogens is 294 g/mol. The first-order valence-electron chi connectivity index (χ1n) is 8.18. The van der Waals surface area contributed by atoms with Gasteiger partial charge in [-0.2, -0.15) is 0 Å². The highest BCUT2D eigenvalue weighted by Gasteiger charge is 2.19. The molecule has 0 atom stereocenters. The maximum Gasteiger partial charge on any atom is 0.191 e. The van der Waals surface area contributed by atoms with E-state index in [-0.39, 0.29) is 6.10 Å². The molecule has 3 N–H and O–H groups in total. The highest BCUT2D eigenvalue weighted by atomic mass is 32.2. The van der Waals surface area contributed by atoms with Crippen LogP contribution in [-0.4, -0.2) is 42.1 Å². The lowest BCUT2D eigenvalue weighted by atomic mass is 9.93. The number of guanidine groups is 1. The summed E-state index contributed by atoms with van der Waals surface area (Å²) in [6, 6.07) is 10.9. The van der Waals surface area contributed by atoms with E-state index in [1.54, 1.807) is 0 Å². The summed E-state index contributed by atoms with van der Waals surface area (Å²) in [4.78, 5) is 5.94. The molecule has 2 rings (SSSR count). The largest absolute Gasteiger partial charge is 0.393 e. The maximum atomic E-state index is 9.57. The fourth-order valence-corrected chi connectivity index (χ4v) is 3.34. The third-order valence-electron chi connectivity index (χ3n) is 3.75. The summed E-state index contributed by atoms with van der Waals surface area (Å²) in [6.45, 7) is 3.75. The van der Waals surface area contributed by atoms with Crippen molar-refractivity contribution < 1.29 is 5.11 Å². The Morgan fingerprint density at radius 3 is 2.64 bits per heavy atom. The topological polar surface area (TPSA) is 56.7 Å². The quantitative estimate of drug-likeness (QED) is 0.326. The molecule has 122 valence electrons. The van der Waals surface area contributed by atoms with Gasteiger partial charge in [-0.1, -0.05) is 18.2 Å². The Morgan fingerprint density at radius 1 is 1.23 bits per heavy atom. The molecule has 0 aliphatic heterocycles. The normalized spacial score (nSPS) is 22.4. The summed E-state index contributed by atoms with van der Waals surface area (Å²) in [5.41, 5.74) is 0. The van der Waals surface area contributed by atoms with Crippen molar-refractivity contribution in [3.05, 3.63) is 30.3 Å². The Hall–Kier alpha value is -1.20. The van der Waals surface area contributed by atoms with E-state index in [1.165, 1.54) is 4.90 Å². The van der Waals surface area contributed by atoms with Crippen molar-refractivity contribution in [3.63, 3.8) is 0 Å². The smallest absolute Gasteiger partial charge is 0.191 e. The van der Waals surface area contributed by atoms with Gasteiger partial charge in [-0.15, -0.1) is 11.8 Å². The average molecular weight is 321 g/mol. The number of aliphatic hydroxyl groups excluding tert-OH is 1. The molecule has 4 nitrogen and oxygen atoms in total. The van der Waals surface area contributed by atoms with Gasteiger partial charge in [0.1, 0.15) is 0 Å². The van der Waals surface area contributed by atoms with Crippen molar-refractivity contribution in [2.75, 3.05) is 18.8 Å². The minimum Gasteiger partial charge on any atom is -0.393 e. The third kappa shape index (κ3) is 6.28. The van der Waals surface area contributed by atoms with Crippen molar-refractivity contribution in [2.24, 2.45) is 4.99 Å². The molecule has 0 spiro atoms. The molecule has 0 aromatic heterocycles. The molecule has 5 heteroatoms. The van der Waals surface area contributed by atoms with Crippen LogP contribution in [-0.2, 0) is 0 Å². The van der Waals surface area contributed by atoms with Gasteiger partial charge in [0.15, 0.2) is 5.96 Å². The van der Waals surface area contributed by atoms with Crippen molar-refractivity contribution in [1.82, 2.24) is 10.6 Å². The zero-order valence-electron chi connectivity index (χ0n) is 13.3. The molecule has 1 aliphatic rings. The fraction of sp³-hybridized carbons (Fsp3) is 0.588. The van der Waals surface area contributed by atoms with Crippen LogP contribution in [0.25, 0.3) is 0 Å². The Balaban J connectivity index is 1.74. The third-order valence-corrected chi connectivity index (χ3v) is 4.75. The van der Waals surface area contributed by atoms with Gasteiger partial charge < -0.3 is 15.7 Å². The predicted octanol–water partition coefficient (Wildman–Crippen LogP) is 2.64. The van der Waals surface area contributed by atoms with Gasteiger partial charge in [0.05, 0.1) is 12.6 Å².